The van der Waals surface area contributed by atoms with Crippen molar-refractivity contribution >= 4 is 34.2 Å². The van der Waals surface area contributed by atoms with E-state index in [1.165, 1.54) is 0 Å². The van der Waals surface area contributed by atoms with Crippen LogP contribution in [-0.2, 0) is 19.1 Å². The van der Waals surface area contributed by atoms with Gasteiger partial charge in [-0.2, -0.15) is 10.2 Å². The van der Waals surface area contributed by atoms with Crippen molar-refractivity contribution in [3.63, 3.8) is 0 Å². The Bertz CT molecular complexity index is 755. The third-order valence-electron chi connectivity index (χ3n) is 3.00. The number of nitrogens with zero attached hydrogens (tertiary/aromatic N) is 3. The Hall–Kier alpha value is -3.03. The number of benzene rings is 1. The van der Waals surface area contributed by atoms with Crippen LogP contribution in [0, 0.1) is 0 Å². The van der Waals surface area contributed by atoms with Gasteiger partial charge in [0, 0.05) is 10.8 Å². The van der Waals surface area contributed by atoms with Crippen LogP contribution in [0.15, 0.2) is 35.6 Å². The van der Waals surface area contributed by atoms with E-state index < -0.39 is 11.9 Å². The number of esters is 2. The highest BCUT2D eigenvalue weighted by molar-refractivity contribution is 6.39. The fourth-order valence-corrected chi connectivity index (χ4v) is 1.95. The quantitative estimate of drug-likeness (QED) is 0.470. The maximum atomic E-state index is 11.9. The lowest BCUT2D eigenvalue weighted by atomic mass is 10.2. The smallest absolute Gasteiger partial charge is 0.355 e. The molecule has 1 N–H and O–H groups in total. The molecule has 0 radical (unpaired) electrons. The summed E-state index contributed by atoms with van der Waals surface area (Å²) in [6.07, 6.45) is 1.33. The number of hydrogen-bond donors (Lipinski definition) is 1. The molecule has 0 atom stereocenters. The summed E-state index contributed by atoms with van der Waals surface area (Å²) in [6.45, 7) is 3.75. The van der Waals surface area contributed by atoms with E-state index in [-0.39, 0.29) is 25.3 Å². The number of hydrazone groups is 1. The van der Waals surface area contributed by atoms with Crippen LogP contribution in [0.3, 0.4) is 0 Å². The van der Waals surface area contributed by atoms with Crippen LogP contribution in [0.25, 0.3) is 10.8 Å². The first kappa shape index (κ1) is 17.3. The predicted molar refractivity (Wildman–Crippen MR) is 88.5 cm³/mol. The molecule has 0 bridgehead atoms. The zero-order valence-electron chi connectivity index (χ0n) is 13.5. The van der Waals surface area contributed by atoms with Gasteiger partial charge < -0.3 is 9.47 Å². The van der Waals surface area contributed by atoms with Crippen LogP contribution in [0.4, 0.5) is 5.82 Å². The molecule has 2 rings (SSSR count). The summed E-state index contributed by atoms with van der Waals surface area (Å²) in [4.78, 5) is 23.6. The highest BCUT2D eigenvalue weighted by Crippen LogP contribution is 2.19. The molecular formula is C16H18N4O4. The minimum absolute atomic E-state index is 0.0926. The Labute approximate surface area is 138 Å². The molecule has 0 spiro atoms. The summed E-state index contributed by atoms with van der Waals surface area (Å²) in [7, 11) is 0. The Morgan fingerprint density at radius 1 is 1.17 bits per heavy atom. The third-order valence-corrected chi connectivity index (χ3v) is 3.00. The van der Waals surface area contributed by atoms with E-state index in [1.807, 2.05) is 24.3 Å². The number of rotatable bonds is 7. The second-order valence-electron chi connectivity index (χ2n) is 4.65. The zero-order chi connectivity index (χ0) is 17.4. The van der Waals surface area contributed by atoms with Crippen molar-refractivity contribution in [1.82, 2.24) is 10.2 Å². The number of hydrogen-bond acceptors (Lipinski definition) is 8. The molecule has 0 saturated heterocycles. The van der Waals surface area contributed by atoms with E-state index in [2.05, 4.69) is 20.7 Å². The number of anilines is 1. The number of fused-ring (bicyclic) bond motifs is 1. The number of ether oxygens (including phenoxy) is 2. The Morgan fingerprint density at radius 3 is 2.67 bits per heavy atom. The standard InChI is InChI=1S/C16H18N4O4/c1-3-23-14(21)9-13(16(22)24-4-2)18-20-15-12-8-6-5-7-11(12)10-17-19-15/h5-8,10H,3-4,9H2,1-2H3,(H,19,20)/b18-13+. The topological polar surface area (TPSA) is 103 Å². The molecule has 1 aromatic heterocycles. The second-order valence-corrected chi connectivity index (χ2v) is 4.65. The molecule has 0 fully saturated rings. The van der Waals surface area contributed by atoms with Gasteiger partial charge in [-0.05, 0) is 13.8 Å². The van der Waals surface area contributed by atoms with Gasteiger partial charge in [-0.1, -0.05) is 24.3 Å². The van der Waals surface area contributed by atoms with Crippen molar-refractivity contribution in [1.29, 1.82) is 0 Å². The molecule has 1 aromatic carbocycles. The van der Waals surface area contributed by atoms with Gasteiger partial charge in [0.25, 0.3) is 0 Å². The van der Waals surface area contributed by atoms with Crippen molar-refractivity contribution in [2.45, 2.75) is 20.3 Å². The van der Waals surface area contributed by atoms with Gasteiger partial charge in [0.1, 0.15) is 0 Å². The van der Waals surface area contributed by atoms with E-state index in [0.717, 1.165) is 10.8 Å². The van der Waals surface area contributed by atoms with Crippen LogP contribution in [0.2, 0.25) is 0 Å². The molecule has 0 aliphatic carbocycles. The highest BCUT2D eigenvalue weighted by atomic mass is 16.5. The molecule has 8 nitrogen and oxygen atoms in total. The SMILES string of the molecule is CCOC(=O)C/C(=N\Nc1nncc2ccccc12)C(=O)OCC. The van der Waals surface area contributed by atoms with Crippen LogP contribution in [0.5, 0.6) is 0 Å². The molecule has 0 aliphatic rings. The lowest BCUT2D eigenvalue weighted by molar-refractivity contribution is -0.143. The van der Waals surface area contributed by atoms with Gasteiger partial charge in [-0.25, -0.2) is 4.79 Å². The molecule has 0 unspecified atom stereocenters. The Morgan fingerprint density at radius 2 is 1.92 bits per heavy atom. The van der Waals surface area contributed by atoms with Gasteiger partial charge in [0.05, 0.1) is 25.8 Å². The van der Waals surface area contributed by atoms with E-state index in [9.17, 15) is 9.59 Å². The lowest BCUT2D eigenvalue weighted by Gasteiger charge is -2.07. The summed E-state index contributed by atoms with van der Waals surface area (Å²) in [5, 5.41) is 13.5. The summed E-state index contributed by atoms with van der Waals surface area (Å²) in [5.41, 5.74) is 2.59. The zero-order valence-corrected chi connectivity index (χ0v) is 13.5. The third kappa shape index (κ3) is 4.48. The first-order valence-electron chi connectivity index (χ1n) is 7.51. The fourth-order valence-electron chi connectivity index (χ4n) is 1.95. The molecular weight excluding hydrogens is 312 g/mol. The van der Waals surface area contributed by atoms with Crippen LogP contribution in [0.1, 0.15) is 20.3 Å². The summed E-state index contributed by atoms with van der Waals surface area (Å²) in [5.74, 6) is -0.875. The second kappa shape index (κ2) is 8.56. The van der Waals surface area contributed by atoms with Crippen molar-refractivity contribution in [3.8, 4) is 0 Å². The molecule has 1 heterocycles. The van der Waals surface area contributed by atoms with E-state index in [0.29, 0.717) is 5.82 Å². The molecule has 8 heteroatoms. The Balaban J connectivity index is 2.24. The molecule has 24 heavy (non-hydrogen) atoms. The number of aromatic nitrogens is 2. The van der Waals surface area contributed by atoms with Crippen molar-refractivity contribution < 1.29 is 19.1 Å². The number of carbonyl (C=O) groups excluding carboxylic acids is 2. The average Bonchev–Trinajstić information content (AvgIpc) is 2.59. The maximum Gasteiger partial charge on any atom is 0.355 e. The molecule has 0 aliphatic heterocycles. The highest BCUT2D eigenvalue weighted by Gasteiger charge is 2.18. The molecule has 0 amide bonds. The van der Waals surface area contributed by atoms with Gasteiger partial charge in [-0.15, -0.1) is 5.10 Å². The van der Waals surface area contributed by atoms with Gasteiger partial charge in [0.15, 0.2) is 11.5 Å². The van der Waals surface area contributed by atoms with Crippen molar-refractivity contribution in [3.05, 3.63) is 30.5 Å². The first-order valence-corrected chi connectivity index (χ1v) is 7.51. The van der Waals surface area contributed by atoms with Crippen molar-refractivity contribution in [2.75, 3.05) is 18.6 Å². The fraction of sp³-hybridized carbons (Fsp3) is 0.312. The van der Waals surface area contributed by atoms with Gasteiger partial charge in [0.2, 0.25) is 0 Å². The van der Waals surface area contributed by atoms with E-state index >= 15 is 0 Å². The van der Waals surface area contributed by atoms with E-state index in [4.69, 9.17) is 9.47 Å². The largest absolute Gasteiger partial charge is 0.466 e. The average molecular weight is 330 g/mol. The summed E-state index contributed by atoms with van der Waals surface area (Å²) in [6, 6.07) is 7.45. The lowest BCUT2D eigenvalue weighted by Crippen LogP contribution is -2.23. The summed E-state index contributed by atoms with van der Waals surface area (Å²) < 4.78 is 9.75. The van der Waals surface area contributed by atoms with Crippen LogP contribution < -0.4 is 5.43 Å². The molecule has 2 aromatic rings. The Kier molecular flexibility index (Phi) is 6.18. The van der Waals surface area contributed by atoms with Crippen LogP contribution >= 0.6 is 0 Å². The first-order chi connectivity index (χ1) is 11.7. The normalized spacial score (nSPS) is 11.2. The van der Waals surface area contributed by atoms with Gasteiger partial charge >= 0.3 is 11.9 Å². The molecule has 0 saturated carbocycles. The monoisotopic (exact) mass is 330 g/mol. The maximum absolute atomic E-state index is 11.9. The van der Waals surface area contributed by atoms with Crippen molar-refractivity contribution in [2.24, 2.45) is 5.10 Å². The minimum Gasteiger partial charge on any atom is -0.466 e. The van der Waals surface area contributed by atoms with Gasteiger partial charge in [-0.3, -0.25) is 10.2 Å². The number of nitrogens with one attached hydrogen (secondary N) is 1. The molecule has 126 valence electrons. The van der Waals surface area contributed by atoms with Crippen LogP contribution in [-0.4, -0.2) is 41.1 Å². The van der Waals surface area contributed by atoms with E-state index in [1.54, 1.807) is 20.0 Å². The minimum atomic E-state index is -0.689. The summed E-state index contributed by atoms with van der Waals surface area (Å²) >= 11 is 0. The predicted octanol–water partition coefficient (Wildman–Crippen LogP) is 1.91. The number of carbonyl (C=O) groups is 2.